The van der Waals surface area contributed by atoms with Gasteiger partial charge in [-0.1, -0.05) is 65.0 Å². The molecule has 0 aliphatic rings. The van der Waals surface area contributed by atoms with Gasteiger partial charge >= 0.3 is 0 Å². The number of thioether (sulfide) groups is 1. The smallest absolute Gasteiger partial charge is 0.234 e. The van der Waals surface area contributed by atoms with Gasteiger partial charge in [0.2, 0.25) is 11.0 Å². The van der Waals surface area contributed by atoms with Gasteiger partial charge in [0.15, 0.2) is 10.1 Å². The fourth-order valence-corrected chi connectivity index (χ4v) is 3.76. The molecule has 1 amide bonds. The van der Waals surface area contributed by atoms with Gasteiger partial charge in [-0.3, -0.25) is 9.59 Å². The highest BCUT2D eigenvalue weighted by Gasteiger charge is 2.16. The molecule has 0 aliphatic carbocycles. The fraction of sp³-hybridized carbons (Fsp3) is 0.0588. The molecule has 0 spiro atoms. The van der Waals surface area contributed by atoms with Gasteiger partial charge in [0.1, 0.15) is 0 Å². The van der Waals surface area contributed by atoms with Crippen molar-refractivity contribution >= 4 is 57.2 Å². The lowest BCUT2D eigenvalue weighted by atomic mass is 10.0. The maximum absolute atomic E-state index is 12.7. The number of hydrogen-bond donors (Lipinski definition) is 2. The minimum atomic E-state index is -0.270. The van der Waals surface area contributed by atoms with Gasteiger partial charge < -0.3 is 11.1 Å². The maximum Gasteiger partial charge on any atom is 0.234 e. The number of benzene rings is 2. The van der Waals surface area contributed by atoms with Crippen LogP contribution in [0.5, 0.6) is 0 Å². The summed E-state index contributed by atoms with van der Waals surface area (Å²) in [6, 6.07) is 13.6. The molecule has 6 nitrogen and oxygen atoms in total. The summed E-state index contributed by atoms with van der Waals surface area (Å²) in [7, 11) is 0. The molecular formula is C17H13ClN4O2S2. The average Bonchev–Trinajstić information content (AvgIpc) is 3.07. The molecule has 3 rings (SSSR count). The van der Waals surface area contributed by atoms with Gasteiger partial charge in [0.25, 0.3) is 0 Å². The Kier molecular flexibility index (Phi) is 5.87. The van der Waals surface area contributed by atoms with Crippen LogP contribution in [0.2, 0.25) is 5.02 Å². The molecule has 9 heteroatoms. The monoisotopic (exact) mass is 404 g/mol. The number of hydrogen-bond acceptors (Lipinski definition) is 7. The minimum absolute atomic E-state index is 0.121. The number of anilines is 2. The second-order valence-corrected chi connectivity index (χ2v) is 7.80. The Labute approximate surface area is 162 Å². The van der Waals surface area contributed by atoms with Crippen molar-refractivity contribution in [2.75, 3.05) is 16.8 Å². The molecule has 3 N–H and O–H groups in total. The number of nitrogens with zero attached hydrogens (tertiary/aromatic N) is 2. The van der Waals surface area contributed by atoms with E-state index in [4.69, 9.17) is 17.3 Å². The van der Waals surface area contributed by atoms with Gasteiger partial charge in [0.05, 0.1) is 11.4 Å². The van der Waals surface area contributed by atoms with E-state index in [0.717, 1.165) is 0 Å². The zero-order chi connectivity index (χ0) is 18.5. The van der Waals surface area contributed by atoms with Crippen LogP contribution >= 0.6 is 34.7 Å². The molecule has 0 atom stereocenters. The predicted octanol–water partition coefficient (Wildman–Crippen LogP) is 3.74. The number of nitrogens with two attached hydrogens (primary N) is 1. The third-order valence-corrected chi connectivity index (χ3v) is 5.41. The van der Waals surface area contributed by atoms with Crippen LogP contribution in [0.15, 0.2) is 52.9 Å². The molecule has 3 aromatic rings. The number of nitrogens with one attached hydrogen (secondary N) is 1. The highest BCUT2D eigenvalue weighted by Crippen LogP contribution is 2.26. The first-order chi connectivity index (χ1) is 12.5. The summed E-state index contributed by atoms with van der Waals surface area (Å²) >= 11 is 8.47. The molecule has 26 heavy (non-hydrogen) atoms. The van der Waals surface area contributed by atoms with Crippen molar-refractivity contribution < 1.29 is 9.59 Å². The molecule has 0 radical (unpaired) electrons. The summed E-state index contributed by atoms with van der Waals surface area (Å²) in [6.07, 6.45) is 0. The molecule has 1 aromatic heterocycles. The summed E-state index contributed by atoms with van der Waals surface area (Å²) in [5.74, 6) is -0.364. The lowest BCUT2D eigenvalue weighted by molar-refractivity contribution is -0.113. The molecule has 0 saturated heterocycles. The first kappa shape index (κ1) is 18.4. The van der Waals surface area contributed by atoms with Gasteiger partial charge in [-0.05, 0) is 18.2 Å². The molecule has 0 fully saturated rings. The Hall–Kier alpha value is -2.42. The van der Waals surface area contributed by atoms with Gasteiger partial charge in [-0.2, -0.15) is 0 Å². The Morgan fingerprint density at radius 2 is 1.92 bits per heavy atom. The number of aromatic nitrogens is 2. The Balaban J connectivity index is 1.75. The standard InChI is InChI=1S/C17H13ClN4O2S2/c18-11-6-7-13(12(8-11)15(24)10-4-2-1-3-5-10)20-14(23)9-25-17-22-21-16(19)26-17/h1-8H,9H2,(H2,19,21)(H,20,23). The lowest BCUT2D eigenvalue weighted by Crippen LogP contribution is -2.17. The van der Waals surface area contributed by atoms with Crippen LogP contribution in [0.1, 0.15) is 15.9 Å². The number of rotatable bonds is 6. The molecule has 132 valence electrons. The minimum Gasteiger partial charge on any atom is -0.374 e. The quantitative estimate of drug-likeness (QED) is 0.479. The molecule has 0 saturated carbocycles. The molecule has 0 bridgehead atoms. The summed E-state index contributed by atoms with van der Waals surface area (Å²) < 4.78 is 0.606. The lowest BCUT2D eigenvalue weighted by Gasteiger charge is -2.11. The molecule has 0 aliphatic heterocycles. The topological polar surface area (TPSA) is 98.0 Å². The molecule has 1 heterocycles. The second-order valence-electron chi connectivity index (χ2n) is 5.13. The SMILES string of the molecule is Nc1nnc(SCC(=O)Nc2ccc(Cl)cc2C(=O)c2ccccc2)s1. The fourth-order valence-electron chi connectivity index (χ4n) is 2.15. The zero-order valence-corrected chi connectivity index (χ0v) is 15.7. The van der Waals surface area contributed by atoms with E-state index in [1.807, 2.05) is 6.07 Å². The first-order valence-electron chi connectivity index (χ1n) is 7.44. The summed E-state index contributed by atoms with van der Waals surface area (Å²) in [5, 5.41) is 11.1. The Morgan fingerprint density at radius 1 is 1.15 bits per heavy atom. The normalized spacial score (nSPS) is 10.5. The number of halogens is 1. The largest absolute Gasteiger partial charge is 0.374 e. The zero-order valence-electron chi connectivity index (χ0n) is 13.3. The van der Waals surface area contributed by atoms with Gasteiger partial charge in [0, 0.05) is 16.1 Å². The van der Waals surface area contributed by atoms with Crippen LogP contribution < -0.4 is 11.1 Å². The summed E-state index contributed by atoms with van der Waals surface area (Å²) in [4.78, 5) is 25.0. The van der Waals surface area contributed by atoms with Crippen LogP contribution in [0.3, 0.4) is 0 Å². The Morgan fingerprint density at radius 3 is 2.62 bits per heavy atom. The third-order valence-electron chi connectivity index (χ3n) is 3.29. The van der Waals surface area contributed by atoms with Gasteiger partial charge in [-0.25, -0.2) is 0 Å². The summed E-state index contributed by atoms with van der Waals surface area (Å²) in [6.45, 7) is 0. The number of ketones is 1. The number of amides is 1. The van der Waals surface area contributed by atoms with E-state index in [-0.39, 0.29) is 17.4 Å². The highest BCUT2D eigenvalue weighted by atomic mass is 35.5. The third kappa shape index (κ3) is 4.60. The van der Waals surface area contributed by atoms with E-state index in [2.05, 4.69) is 15.5 Å². The van der Waals surface area contributed by atoms with Crippen molar-refractivity contribution in [3.05, 3.63) is 64.7 Å². The maximum atomic E-state index is 12.7. The number of carbonyl (C=O) groups is 2. The Bertz CT molecular complexity index is 947. The second kappa shape index (κ2) is 8.31. The number of nitrogen functional groups attached to an aromatic ring is 1. The van der Waals surface area contributed by atoms with Crippen molar-refractivity contribution in [3.8, 4) is 0 Å². The van der Waals surface area contributed by atoms with Crippen molar-refractivity contribution in [3.63, 3.8) is 0 Å². The van der Waals surface area contributed by atoms with E-state index < -0.39 is 0 Å². The average molecular weight is 405 g/mol. The van der Waals surface area contributed by atoms with Crippen molar-refractivity contribution in [2.45, 2.75) is 4.34 Å². The first-order valence-corrected chi connectivity index (χ1v) is 9.62. The van der Waals surface area contributed by atoms with Crippen LogP contribution in [0.25, 0.3) is 0 Å². The van der Waals surface area contributed by atoms with Crippen molar-refractivity contribution in [2.24, 2.45) is 0 Å². The van der Waals surface area contributed by atoms with E-state index in [1.165, 1.54) is 23.1 Å². The molecular weight excluding hydrogens is 392 g/mol. The van der Waals surface area contributed by atoms with Crippen LogP contribution in [0, 0.1) is 0 Å². The number of carbonyl (C=O) groups excluding carboxylic acids is 2. The van der Waals surface area contributed by atoms with Crippen LogP contribution in [-0.2, 0) is 4.79 Å². The van der Waals surface area contributed by atoms with E-state index in [1.54, 1.807) is 42.5 Å². The van der Waals surface area contributed by atoms with Crippen LogP contribution in [-0.4, -0.2) is 27.6 Å². The van der Waals surface area contributed by atoms with Crippen molar-refractivity contribution in [1.82, 2.24) is 10.2 Å². The molecule has 2 aromatic carbocycles. The van der Waals surface area contributed by atoms with E-state index >= 15 is 0 Å². The van der Waals surface area contributed by atoms with Crippen molar-refractivity contribution in [1.29, 1.82) is 0 Å². The predicted molar refractivity (Wildman–Crippen MR) is 105 cm³/mol. The van der Waals surface area contributed by atoms with E-state index in [9.17, 15) is 9.59 Å². The van der Waals surface area contributed by atoms with Gasteiger partial charge in [-0.15, -0.1) is 10.2 Å². The molecule has 0 unspecified atom stereocenters. The summed E-state index contributed by atoms with van der Waals surface area (Å²) in [5.41, 5.74) is 6.77. The highest BCUT2D eigenvalue weighted by molar-refractivity contribution is 8.01. The van der Waals surface area contributed by atoms with Crippen LogP contribution in [0.4, 0.5) is 10.8 Å². The van der Waals surface area contributed by atoms with E-state index in [0.29, 0.717) is 31.3 Å².